The first-order valence-corrected chi connectivity index (χ1v) is 8.83. The van der Waals surface area contributed by atoms with E-state index in [0.717, 1.165) is 17.6 Å². The zero-order chi connectivity index (χ0) is 20.8. The van der Waals surface area contributed by atoms with Gasteiger partial charge in [0.2, 0.25) is 0 Å². The number of halogens is 1. The van der Waals surface area contributed by atoms with Crippen LogP contribution in [0.3, 0.4) is 0 Å². The summed E-state index contributed by atoms with van der Waals surface area (Å²) in [5.74, 6) is -1.23. The van der Waals surface area contributed by atoms with E-state index < -0.39 is 11.8 Å². The second-order valence-electron chi connectivity index (χ2n) is 6.39. The third kappa shape index (κ3) is 5.38. The van der Waals surface area contributed by atoms with Crippen molar-refractivity contribution in [3.05, 3.63) is 82.7 Å². The van der Waals surface area contributed by atoms with Crippen LogP contribution in [0.1, 0.15) is 43.5 Å². The molecule has 0 unspecified atom stereocenters. The highest BCUT2D eigenvalue weighted by atomic mass is 19.1. The molecule has 8 nitrogen and oxygen atoms in total. The molecule has 3 rings (SSSR count). The van der Waals surface area contributed by atoms with Crippen LogP contribution in [0.4, 0.5) is 4.39 Å². The molecule has 2 aromatic heterocycles. The molecule has 2 amide bonds. The van der Waals surface area contributed by atoms with Crippen LogP contribution >= 0.6 is 0 Å². The third-order valence-corrected chi connectivity index (χ3v) is 4.07. The fraction of sp³-hybridized carbons (Fsp3) is 0.200. The molecule has 1 aromatic carbocycles. The van der Waals surface area contributed by atoms with E-state index in [0.29, 0.717) is 11.3 Å². The zero-order valence-electron chi connectivity index (χ0n) is 15.9. The second-order valence-corrected chi connectivity index (χ2v) is 6.39. The van der Waals surface area contributed by atoms with Crippen molar-refractivity contribution in [3.63, 3.8) is 0 Å². The molecule has 0 aliphatic rings. The van der Waals surface area contributed by atoms with E-state index >= 15 is 0 Å². The van der Waals surface area contributed by atoms with E-state index in [4.69, 9.17) is 0 Å². The lowest BCUT2D eigenvalue weighted by molar-refractivity contribution is 0.0944. The lowest BCUT2D eigenvalue weighted by Gasteiger charge is -2.08. The summed E-state index contributed by atoms with van der Waals surface area (Å²) in [5.41, 5.74) is 2.74. The van der Waals surface area contributed by atoms with Crippen molar-refractivity contribution in [2.45, 2.75) is 26.9 Å². The van der Waals surface area contributed by atoms with Crippen molar-refractivity contribution < 1.29 is 14.0 Å². The number of benzene rings is 1. The zero-order valence-corrected chi connectivity index (χ0v) is 15.9. The number of nitrogens with zero attached hydrogens (tertiary/aromatic N) is 4. The number of aryl methyl sites for hydroxylation is 2. The minimum atomic E-state index is -0.465. The first kappa shape index (κ1) is 20.0. The van der Waals surface area contributed by atoms with Gasteiger partial charge in [0.25, 0.3) is 11.8 Å². The van der Waals surface area contributed by atoms with Gasteiger partial charge in [0.15, 0.2) is 0 Å². The standard InChI is InChI=1S/C20H19FN6O2/c1-12-5-14(3-4-16(12)21)8-24-19(28)17-6-18(27-11-26-17)20(29)25-10-15-9-22-13(2)7-23-15/h3-7,9,11H,8,10H2,1-2H3,(H,24,28)(H,25,29). The normalized spacial score (nSPS) is 10.4. The molecule has 2 N–H and O–H groups in total. The molecule has 29 heavy (non-hydrogen) atoms. The van der Waals surface area contributed by atoms with Crippen LogP contribution in [0.25, 0.3) is 0 Å². The minimum Gasteiger partial charge on any atom is -0.347 e. The SMILES string of the molecule is Cc1cnc(CNC(=O)c2cc(C(=O)NCc3ccc(F)c(C)c3)ncn2)cn1. The Morgan fingerprint density at radius 1 is 0.897 bits per heavy atom. The van der Waals surface area contributed by atoms with Crippen LogP contribution in [0.5, 0.6) is 0 Å². The van der Waals surface area contributed by atoms with Gasteiger partial charge in [0.1, 0.15) is 23.5 Å². The van der Waals surface area contributed by atoms with Gasteiger partial charge in [-0.05, 0) is 31.0 Å². The van der Waals surface area contributed by atoms with Gasteiger partial charge in [-0.1, -0.05) is 12.1 Å². The maximum atomic E-state index is 13.3. The number of amides is 2. The summed E-state index contributed by atoms with van der Waals surface area (Å²) in [7, 11) is 0. The Bertz CT molecular complexity index is 1040. The molecule has 0 aliphatic carbocycles. The van der Waals surface area contributed by atoms with Gasteiger partial charge in [0.05, 0.1) is 24.1 Å². The molecule has 0 saturated carbocycles. The summed E-state index contributed by atoms with van der Waals surface area (Å²) in [4.78, 5) is 40.7. The Morgan fingerprint density at radius 2 is 1.59 bits per heavy atom. The topological polar surface area (TPSA) is 110 Å². The summed E-state index contributed by atoms with van der Waals surface area (Å²) in [6, 6.07) is 5.90. The van der Waals surface area contributed by atoms with Crippen molar-refractivity contribution in [2.24, 2.45) is 0 Å². The van der Waals surface area contributed by atoms with E-state index in [1.54, 1.807) is 31.5 Å². The van der Waals surface area contributed by atoms with E-state index in [2.05, 4.69) is 30.6 Å². The molecule has 0 aliphatic heterocycles. The number of aromatic nitrogens is 4. The van der Waals surface area contributed by atoms with Crippen molar-refractivity contribution in [1.29, 1.82) is 0 Å². The summed E-state index contributed by atoms with van der Waals surface area (Å²) in [6.07, 6.45) is 4.33. The number of carbonyl (C=O) groups is 2. The Labute approximate surface area is 166 Å². The molecule has 0 radical (unpaired) electrons. The lowest BCUT2D eigenvalue weighted by atomic mass is 10.1. The van der Waals surface area contributed by atoms with Gasteiger partial charge >= 0.3 is 0 Å². The van der Waals surface area contributed by atoms with E-state index in [-0.39, 0.29) is 30.3 Å². The lowest BCUT2D eigenvalue weighted by Crippen LogP contribution is -2.27. The Kier molecular flexibility index (Phi) is 6.18. The van der Waals surface area contributed by atoms with E-state index in [9.17, 15) is 14.0 Å². The van der Waals surface area contributed by atoms with Crippen LogP contribution in [0.15, 0.2) is 43.0 Å². The number of carbonyl (C=O) groups excluding carboxylic acids is 2. The van der Waals surface area contributed by atoms with Crippen LogP contribution in [-0.4, -0.2) is 31.8 Å². The number of hydrogen-bond donors (Lipinski definition) is 2. The number of rotatable bonds is 6. The van der Waals surface area contributed by atoms with Crippen LogP contribution < -0.4 is 10.6 Å². The first-order chi connectivity index (χ1) is 13.9. The quantitative estimate of drug-likeness (QED) is 0.661. The van der Waals surface area contributed by atoms with Crippen LogP contribution in [0.2, 0.25) is 0 Å². The molecule has 0 atom stereocenters. The largest absolute Gasteiger partial charge is 0.347 e. The highest BCUT2D eigenvalue weighted by Crippen LogP contribution is 2.09. The Hall–Kier alpha value is -3.75. The van der Waals surface area contributed by atoms with Gasteiger partial charge in [-0.25, -0.2) is 14.4 Å². The third-order valence-electron chi connectivity index (χ3n) is 4.07. The van der Waals surface area contributed by atoms with Gasteiger partial charge in [-0.15, -0.1) is 0 Å². The van der Waals surface area contributed by atoms with Crippen molar-refractivity contribution in [1.82, 2.24) is 30.6 Å². The molecule has 2 heterocycles. The van der Waals surface area contributed by atoms with Crippen LogP contribution in [-0.2, 0) is 13.1 Å². The van der Waals surface area contributed by atoms with Gasteiger partial charge in [0, 0.05) is 18.8 Å². The fourth-order valence-corrected chi connectivity index (χ4v) is 2.47. The summed E-state index contributed by atoms with van der Waals surface area (Å²) in [6.45, 7) is 3.86. The van der Waals surface area contributed by atoms with Gasteiger partial charge < -0.3 is 10.6 Å². The molecule has 0 bridgehead atoms. The van der Waals surface area contributed by atoms with E-state index in [1.165, 1.54) is 12.1 Å². The molecular formula is C20H19FN6O2. The van der Waals surface area contributed by atoms with Gasteiger partial charge in [-0.3, -0.25) is 19.6 Å². The van der Waals surface area contributed by atoms with Gasteiger partial charge in [-0.2, -0.15) is 0 Å². The fourth-order valence-electron chi connectivity index (χ4n) is 2.47. The summed E-state index contributed by atoms with van der Waals surface area (Å²) < 4.78 is 13.3. The second kappa shape index (κ2) is 8.96. The highest BCUT2D eigenvalue weighted by Gasteiger charge is 2.13. The molecule has 0 fully saturated rings. The van der Waals surface area contributed by atoms with Crippen molar-refractivity contribution in [3.8, 4) is 0 Å². The number of hydrogen-bond acceptors (Lipinski definition) is 6. The molecule has 148 valence electrons. The molecular weight excluding hydrogens is 375 g/mol. The molecule has 0 spiro atoms. The maximum Gasteiger partial charge on any atom is 0.270 e. The van der Waals surface area contributed by atoms with Crippen LogP contribution in [0, 0.1) is 19.7 Å². The molecule has 9 heteroatoms. The maximum absolute atomic E-state index is 13.3. The monoisotopic (exact) mass is 394 g/mol. The number of nitrogens with one attached hydrogen (secondary N) is 2. The average molecular weight is 394 g/mol. The average Bonchev–Trinajstić information content (AvgIpc) is 2.73. The first-order valence-electron chi connectivity index (χ1n) is 8.83. The van der Waals surface area contributed by atoms with Crippen molar-refractivity contribution >= 4 is 11.8 Å². The predicted octanol–water partition coefficient (Wildman–Crippen LogP) is 1.88. The Balaban J connectivity index is 1.60. The minimum absolute atomic E-state index is 0.0547. The summed E-state index contributed by atoms with van der Waals surface area (Å²) >= 11 is 0. The van der Waals surface area contributed by atoms with Crippen molar-refractivity contribution in [2.75, 3.05) is 0 Å². The summed E-state index contributed by atoms with van der Waals surface area (Å²) in [5, 5.41) is 5.36. The van der Waals surface area contributed by atoms with E-state index in [1.807, 2.05) is 6.92 Å². The predicted molar refractivity (Wildman–Crippen MR) is 102 cm³/mol. The molecule has 0 saturated heterocycles. The Morgan fingerprint density at radius 3 is 2.21 bits per heavy atom. The highest BCUT2D eigenvalue weighted by molar-refractivity contribution is 5.97. The molecule has 3 aromatic rings. The smallest absolute Gasteiger partial charge is 0.270 e.